The van der Waals surface area contributed by atoms with Gasteiger partial charge in [0.05, 0.1) is 24.6 Å². The molecular weight excluding hydrogens is 369 g/mol. The number of Topliss-reactive ketones (excluding diaryl/α,β-unsaturated/α-hetero) is 1. The third kappa shape index (κ3) is 2.97. The second-order valence-electron chi connectivity index (χ2n) is 7.20. The quantitative estimate of drug-likeness (QED) is 0.521. The standard InChI is InChI=1S/C23H18FN3O2/c1-29-22-5-3-2-4-17(22)15-10-20-19(21(28)11-15)13-27-23(26-20)18(12-25-27)14-6-8-16(24)9-7-14/h2-9,12-13,15H,10-11H2,1H3. The Bertz CT molecular complexity index is 1230. The van der Waals surface area contributed by atoms with Gasteiger partial charge in [-0.1, -0.05) is 30.3 Å². The summed E-state index contributed by atoms with van der Waals surface area (Å²) >= 11 is 0. The van der Waals surface area contributed by atoms with E-state index in [2.05, 4.69) is 5.10 Å². The van der Waals surface area contributed by atoms with Gasteiger partial charge in [-0.3, -0.25) is 4.79 Å². The third-order valence-corrected chi connectivity index (χ3v) is 5.48. The van der Waals surface area contributed by atoms with Crippen LogP contribution in [0.1, 0.15) is 34.0 Å². The van der Waals surface area contributed by atoms with Crippen molar-refractivity contribution in [2.75, 3.05) is 7.11 Å². The van der Waals surface area contributed by atoms with Crippen LogP contribution in [0.5, 0.6) is 5.75 Å². The summed E-state index contributed by atoms with van der Waals surface area (Å²) in [7, 11) is 1.64. The first-order valence-electron chi connectivity index (χ1n) is 9.43. The van der Waals surface area contributed by atoms with Crippen molar-refractivity contribution in [3.8, 4) is 16.9 Å². The molecule has 0 saturated carbocycles. The summed E-state index contributed by atoms with van der Waals surface area (Å²) in [5.74, 6) is 0.556. The van der Waals surface area contributed by atoms with Crippen LogP contribution < -0.4 is 4.74 Å². The first kappa shape index (κ1) is 17.6. The fraction of sp³-hybridized carbons (Fsp3) is 0.174. The predicted octanol–water partition coefficient (Wildman–Crippen LogP) is 4.46. The Hall–Kier alpha value is -3.54. The SMILES string of the molecule is COc1ccccc1C1CC(=O)c2cn3ncc(-c4ccc(F)cc4)c3nc2C1. The smallest absolute Gasteiger partial charge is 0.166 e. The molecule has 0 amide bonds. The summed E-state index contributed by atoms with van der Waals surface area (Å²) in [5.41, 5.74) is 4.68. The van der Waals surface area contributed by atoms with E-state index in [4.69, 9.17) is 9.72 Å². The highest BCUT2D eigenvalue weighted by molar-refractivity contribution is 5.99. The van der Waals surface area contributed by atoms with Gasteiger partial charge in [-0.05, 0) is 35.7 Å². The van der Waals surface area contributed by atoms with Crippen molar-refractivity contribution < 1.29 is 13.9 Å². The van der Waals surface area contributed by atoms with Crippen molar-refractivity contribution in [1.82, 2.24) is 14.6 Å². The van der Waals surface area contributed by atoms with Crippen LogP contribution in [0, 0.1) is 5.82 Å². The topological polar surface area (TPSA) is 56.5 Å². The minimum Gasteiger partial charge on any atom is -0.496 e. The number of para-hydroxylation sites is 1. The molecule has 2 aromatic carbocycles. The summed E-state index contributed by atoms with van der Waals surface area (Å²) in [6, 6.07) is 14.0. The number of hydrogen-bond donors (Lipinski definition) is 0. The number of methoxy groups -OCH3 is 1. The van der Waals surface area contributed by atoms with Crippen LogP contribution >= 0.6 is 0 Å². The van der Waals surface area contributed by atoms with Crippen LogP contribution in [-0.4, -0.2) is 27.5 Å². The fourth-order valence-electron chi connectivity index (χ4n) is 4.03. The van der Waals surface area contributed by atoms with Crippen molar-refractivity contribution in [2.45, 2.75) is 18.8 Å². The minimum atomic E-state index is -0.291. The van der Waals surface area contributed by atoms with E-state index in [-0.39, 0.29) is 17.5 Å². The summed E-state index contributed by atoms with van der Waals surface area (Å²) in [5, 5.41) is 4.35. The van der Waals surface area contributed by atoms with Gasteiger partial charge in [0.1, 0.15) is 11.6 Å². The lowest BCUT2D eigenvalue weighted by atomic mass is 9.82. The van der Waals surface area contributed by atoms with E-state index in [9.17, 15) is 9.18 Å². The van der Waals surface area contributed by atoms with E-state index in [1.165, 1.54) is 12.1 Å². The average Bonchev–Trinajstić information content (AvgIpc) is 3.16. The van der Waals surface area contributed by atoms with Gasteiger partial charge in [-0.25, -0.2) is 13.9 Å². The number of carbonyl (C=O) groups is 1. The van der Waals surface area contributed by atoms with Crippen LogP contribution in [0.25, 0.3) is 16.8 Å². The van der Waals surface area contributed by atoms with Gasteiger partial charge in [-0.15, -0.1) is 0 Å². The van der Waals surface area contributed by atoms with Gasteiger partial charge in [0, 0.05) is 24.1 Å². The zero-order valence-electron chi connectivity index (χ0n) is 15.8. The number of hydrogen-bond acceptors (Lipinski definition) is 4. The van der Waals surface area contributed by atoms with Crippen molar-refractivity contribution >= 4 is 11.4 Å². The monoisotopic (exact) mass is 387 g/mol. The molecule has 2 heterocycles. The summed E-state index contributed by atoms with van der Waals surface area (Å²) in [4.78, 5) is 17.7. The average molecular weight is 387 g/mol. The molecular formula is C23H18FN3O2. The highest BCUT2D eigenvalue weighted by atomic mass is 19.1. The molecule has 1 unspecified atom stereocenters. The van der Waals surface area contributed by atoms with Gasteiger partial charge in [-0.2, -0.15) is 5.10 Å². The van der Waals surface area contributed by atoms with Gasteiger partial charge in [0.25, 0.3) is 0 Å². The fourth-order valence-corrected chi connectivity index (χ4v) is 4.03. The molecule has 5 nitrogen and oxygen atoms in total. The van der Waals surface area contributed by atoms with Gasteiger partial charge in [0.15, 0.2) is 11.4 Å². The number of nitrogens with zero attached hydrogens (tertiary/aromatic N) is 3. The summed E-state index contributed by atoms with van der Waals surface area (Å²) in [6.45, 7) is 0. The molecule has 6 heteroatoms. The molecule has 0 radical (unpaired) electrons. The second kappa shape index (κ2) is 6.81. The van der Waals surface area contributed by atoms with E-state index >= 15 is 0 Å². The number of ketones is 1. The van der Waals surface area contributed by atoms with Crippen LogP contribution in [0.4, 0.5) is 4.39 Å². The van der Waals surface area contributed by atoms with Crippen molar-refractivity contribution in [1.29, 1.82) is 0 Å². The van der Waals surface area contributed by atoms with Gasteiger partial charge < -0.3 is 4.74 Å². The lowest BCUT2D eigenvalue weighted by Gasteiger charge is -2.24. The first-order valence-corrected chi connectivity index (χ1v) is 9.43. The Kier molecular flexibility index (Phi) is 4.12. The molecule has 0 aliphatic heterocycles. The van der Waals surface area contributed by atoms with Crippen LogP contribution in [0.3, 0.4) is 0 Å². The van der Waals surface area contributed by atoms with E-state index in [1.807, 2.05) is 24.3 Å². The molecule has 144 valence electrons. The molecule has 1 aliphatic rings. The highest BCUT2D eigenvalue weighted by Crippen LogP contribution is 2.37. The molecule has 2 aromatic heterocycles. The largest absolute Gasteiger partial charge is 0.496 e. The van der Waals surface area contributed by atoms with Gasteiger partial charge >= 0.3 is 0 Å². The number of ether oxygens (including phenoxy) is 1. The zero-order chi connectivity index (χ0) is 20.0. The molecule has 4 aromatic rings. The molecule has 0 bridgehead atoms. The molecule has 0 N–H and O–H groups in total. The van der Waals surface area contributed by atoms with Crippen molar-refractivity contribution in [3.05, 3.63) is 83.6 Å². The number of carbonyl (C=O) groups excluding carboxylic acids is 1. The number of fused-ring (bicyclic) bond motifs is 2. The number of benzene rings is 2. The summed E-state index contributed by atoms with van der Waals surface area (Å²) in [6.07, 6.45) is 4.51. The third-order valence-electron chi connectivity index (χ3n) is 5.48. The molecule has 0 saturated heterocycles. The Morgan fingerprint density at radius 1 is 1.07 bits per heavy atom. The van der Waals surface area contributed by atoms with E-state index in [1.54, 1.807) is 36.2 Å². The Morgan fingerprint density at radius 3 is 2.66 bits per heavy atom. The second-order valence-corrected chi connectivity index (χ2v) is 7.20. The zero-order valence-corrected chi connectivity index (χ0v) is 15.8. The van der Waals surface area contributed by atoms with Crippen LogP contribution in [-0.2, 0) is 6.42 Å². The normalized spacial score (nSPS) is 16.1. The highest BCUT2D eigenvalue weighted by Gasteiger charge is 2.30. The first-order chi connectivity index (χ1) is 14.1. The van der Waals surface area contributed by atoms with Crippen molar-refractivity contribution in [2.24, 2.45) is 0 Å². The predicted molar refractivity (Wildman–Crippen MR) is 107 cm³/mol. The molecule has 1 aliphatic carbocycles. The minimum absolute atomic E-state index is 0.0123. The van der Waals surface area contributed by atoms with E-state index in [0.717, 1.165) is 28.1 Å². The van der Waals surface area contributed by atoms with Gasteiger partial charge in [0.2, 0.25) is 0 Å². The number of halogens is 1. The molecule has 0 fully saturated rings. The molecule has 0 spiro atoms. The van der Waals surface area contributed by atoms with E-state index in [0.29, 0.717) is 24.1 Å². The Morgan fingerprint density at radius 2 is 1.86 bits per heavy atom. The Labute approximate surface area is 166 Å². The van der Waals surface area contributed by atoms with E-state index < -0.39 is 0 Å². The number of rotatable bonds is 3. The lowest BCUT2D eigenvalue weighted by Crippen LogP contribution is -2.21. The van der Waals surface area contributed by atoms with Crippen LogP contribution in [0.15, 0.2) is 60.9 Å². The Balaban J connectivity index is 1.60. The molecule has 1 atom stereocenters. The summed E-state index contributed by atoms with van der Waals surface area (Å²) < 4.78 is 20.4. The van der Waals surface area contributed by atoms with Crippen LogP contribution in [0.2, 0.25) is 0 Å². The lowest BCUT2D eigenvalue weighted by molar-refractivity contribution is 0.0962. The maximum absolute atomic E-state index is 13.3. The maximum Gasteiger partial charge on any atom is 0.166 e. The molecule has 29 heavy (non-hydrogen) atoms. The number of aromatic nitrogens is 3. The maximum atomic E-state index is 13.3. The molecule has 5 rings (SSSR count). The van der Waals surface area contributed by atoms with Crippen molar-refractivity contribution in [3.63, 3.8) is 0 Å².